The number of likely N-dealkylation sites (tertiary alicyclic amines) is 1. The van der Waals surface area contributed by atoms with Crippen LogP contribution in [0.1, 0.15) is 29.6 Å². The van der Waals surface area contributed by atoms with Crippen molar-refractivity contribution in [2.75, 3.05) is 33.3 Å². The van der Waals surface area contributed by atoms with Gasteiger partial charge in [-0.3, -0.25) is 4.79 Å². The van der Waals surface area contributed by atoms with E-state index in [2.05, 4.69) is 15.0 Å². The Bertz CT molecular complexity index is 576. The Morgan fingerprint density at radius 1 is 1.38 bits per heavy atom. The Morgan fingerprint density at radius 3 is 2.62 bits per heavy atom. The minimum absolute atomic E-state index is 0.186. The lowest BCUT2D eigenvalue weighted by molar-refractivity contribution is -0.148. The van der Waals surface area contributed by atoms with Crippen molar-refractivity contribution in [3.05, 3.63) is 23.9 Å². The van der Waals surface area contributed by atoms with Gasteiger partial charge in [-0.15, -0.1) is 0 Å². The number of ether oxygens (including phenoxy) is 1. The minimum atomic E-state index is -4.24. The van der Waals surface area contributed by atoms with Gasteiger partial charge >= 0.3 is 12.3 Å². The molecule has 1 amide bonds. The molecule has 0 atom stereocenters. The van der Waals surface area contributed by atoms with E-state index in [0.717, 1.165) is 25.8 Å². The molecule has 2 heterocycles. The van der Waals surface area contributed by atoms with Crippen molar-refractivity contribution in [2.24, 2.45) is 5.92 Å². The highest BCUT2D eigenvalue weighted by Gasteiger charge is 2.41. The van der Waals surface area contributed by atoms with Gasteiger partial charge in [0.05, 0.1) is 5.56 Å². The first kappa shape index (κ1) is 20.4. The van der Waals surface area contributed by atoms with Gasteiger partial charge in [0, 0.05) is 25.4 Å². The molecule has 146 valence electrons. The van der Waals surface area contributed by atoms with Crippen molar-refractivity contribution in [3.8, 4) is 5.88 Å². The summed E-state index contributed by atoms with van der Waals surface area (Å²) in [5.74, 6) is -4.06. The number of aromatic nitrogens is 1. The lowest BCUT2D eigenvalue weighted by atomic mass is 9.93. The van der Waals surface area contributed by atoms with Crippen LogP contribution in [0.3, 0.4) is 0 Å². The largest absolute Gasteiger partial charge is 0.471 e. The molecule has 0 unspecified atom stereocenters. The molecule has 0 spiro atoms. The maximum atomic E-state index is 12.8. The second-order valence-corrected chi connectivity index (χ2v) is 6.36. The van der Waals surface area contributed by atoms with E-state index in [1.807, 2.05) is 7.05 Å². The molecule has 1 aliphatic heterocycles. The Hall–Kier alpha value is -1.90. The first-order valence-corrected chi connectivity index (χ1v) is 8.52. The number of hydrogen-bond donors (Lipinski definition) is 1. The number of nitrogens with zero attached hydrogens (tertiary/aromatic N) is 2. The molecule has 1 aliphatic rings. The van der Waals surface area contributed by atoms with Gasteiger partial charge in [0.1, 0.15) is 0 Å². The SMILES string of the molecule is CNCCC1CCN(C(=O)c2ccc(OCC(F)(F)C(F)F)nc2)CC1. The maximum Gasteiger partial charge on any atom is 0.340 e. The topological polar surface area (TPSA) is 54.5 Å². The van der Waals surface area contributed by atoms with Crippen LogP contribution in [-0.2, 0) is 0 Å². The average Bonchev–Trinajstić information content (AvgIpc) is 2.65. The van der Waals surface area contributed by atoms with Crippen LogP contribution in [0.2, 0.25) is 0 Å². The zero-order valence-electron chi connectivity index (χ0n) is 14.6. The van der Waals surface area contributed by atoms with Crippen LogP contribution in [0, 0.1) is 5.92 Å². The second kappa shape index (κ2) is 9.16. The Labute approximate surface area is 149 Å². The highest BCUT2D eigenvalue weighted by atomic mass is 19.3. The van der Waals surface area contributed by atoms with Crippen LogP contribution in [0.5, 0.6) is 5.88 Å². The molecule has 9 heteroatoms. The first-order valence-electron chi connectivity index (χ1n) is 8.52. The molecule has 5 nitrogen and oxygen atoms in total. The van der Waals surface area contributed by atoms with E-state index in [1.54, 1.807) is 4.90 Å². The van der Waals surface area contributed by atoms with Crippen molar-refractivity contribution in [1.29, 1.82) is 0 Å². The number of halogens is 4. The fraction of sp³-hybridized carbons (Fsp3) is 0.647. The number of hydrogen-bond acceptors (Lipinski definition) is 4. The quantitative estimate of drug-likeness (QED) is 0.708. The monoisotopic (exact) mass is 377 g/mol. The van der Waals surface area contributed by atoms with Crippen LogP contribution < -0.4 is 10.1 Å². The van der Waals surface area contributed by atoms with Gasteiger partial charge in [0.15, 0.2) is 6.61 Å². The van der Waals surface area contributed by atoms with E-state index in [0.29, 0.717) is 24.6 Å². The molecule has 2 rings (SSSR count). The Kier molecular flexibility index (Phi) is 7.19. The van der Waals surface area contributed by atoms with E-state index in [1.165, 1.54) is 18.3 Å². The van der Waals surface area contributed by atoms with Crippen molar-refractivity contribution >= 4 is 5.91 Å². The summed E-state index contributed by atoms with van der Waals surface area (Å²) in [6.07, 6.45) is 0.357. The molecule has 0 saturated carbocycles. The highest BCUT2D eigenvalue weighted by Crippen LogP contribution is 2.24. The van der Waals surface area contributed by atoms with Gasteiger partial charge in [-0.05, 0) is 44.8 Å². The third-order valence-corrected chi connectivity index (χ3v) is 4.42. The van der Waals surface area contributed by atoms with E-state index < -0.39 is 19.0 Å². The first-order chi connectivity index (χ1) is 12.3. The fourth-order valence-corrected chi connectivity index (χ4v) is 2.78. The average molecular weight is 377 g/mol. The number of pyridine rings is 1. The Balaban J connectivity index is 1.85. The van der Waals surface area contributed by atoms with Crippen LogP contribution in [0.25, 0.3) is 0 Å². The van der Waals surface area contributed by atoms with E-state index in [-0.39, 0.29) is 11.8 Å². The molecule has 1 N–H and O–H groups in total. The lowest BCUT2D eigenvalue weighted by Crippen LogP contribution is -2.39. The summed E-state index contributed by atoms with van der Waals surface area (Å²) in [7, 11) is 1.91. The standard InChI is InChI=1S/C17H23F4N3O2/c1-22-7-4-12-5-8-24(9-6-12)15(25)13-2-3-14(23-10-13)26-11-17(20,21)16(18)19/h2-3,10,12,16,22H,4-9,11H2,1H3. The third-order valence-electron chi connectivity index (χ3n) is 4.42. The number of piperidine rings is 1. The molecule has 0 bridgehead atoms. The van der Waals surface area contributed by atoms with Crippen LogP contribution in [-0.4, -0.2) is 61.4 Å². The van der Waals surface area contributed by atoms with E-state index in [4.69, 9.17) is 0 Å². The summed E-state index contributed by atoms with van der Waals surface area (Å²) in [6.45, 7) is 0.803. The number of carbonyl (C=O) groups is 1. The van der Waals surface area contributed by atoms with E-state index in [9.17, 15) is 22.4 Å². The van der Waals surface area contributed by atoms with Gasteiger partial charge in [0.2, 0.25) is 5.88 Å². The van der Waals surface area contributed by atoms with Crippen LogP contribution >= 0.6 is 0 Å². The summed E-state index contributed by atoms with van der Waals surface area (Å²) in [5.41, 5.74) is 0.312. The number of nitrogens with one attached hydrogen (secondary N) is 1. The Morgan fingerprint density at radius 2 is 2.08 bits per heavy atom. The molecule has 26 heavy (non-hydrogen) atoms. The van der Waals surface area contributed by atoms with Crippen molar-refractivity contribution in [3.63, 3.8) is 0 Å². The van der Waals surface area contributed by atoms with Crippen LogP contribution in [0.15, 0.2) is 18.3 Å². The minimum Gasteiger partial charge on any atom is -0.471 e. The van der Waals surface area contributed by atoms with Crippen molar-refractivity contribution < 1.29 is 27.1 Å². The summed E-state index contributed by atoms with van der Waals surface area (Å²) in [5, 5.41) is 3.12. The number of amides is 1. The summed E-state index contributed by atoms with van der Waals surface area (Å²) < 4.78 is 54.4. The normalized spacial score (nSPS) is 16.2. The molecule has 0 aromatic carbocycles. The number of alkyl halides is 4. The predicted octanol–water partition coefficient (Wildman–Crippen LogP) is 2.82. The molecule has 1 aromatic heterocycles. The third kappa shape index (κ3) is 5.55. The maximum absolute atomic E-state index is 12.8. The molecule has 0 aliphatic carbocycles. The molecule has 1 fully saturated rings. The van der Waals surface area contributed by atoms with Gasteiger partial charge in [-0.2, -0.15) is 8.78 Å². The zero-order chi connectivity index (χ0) is 19.2. The number of rotatable bonds is 8. The van der Waals surface area contributed by atoms with Gasteiger partial charge in [-0.1, -0.05) is 0 Å². The van der Waals surface area contributed by atoms with Gasteiger partial charge in [0.25, 0.3) is 5.91 Å². The summed E-state index contributed by atoms with van der Waals surface area (Å²) >= 11 is 0. The molecule has 0 radical (unpaired) electrons. The molecular formula is C17H23F4N3O2. The molecule has 1 aromatic rings. The van der Waals surface area contributed by atoms with Crippen LogP contribution in [0.4, 0.5) is 17.6 Å². The predicted molar refractivity (Wildman–Crippen MR) is 87.9 cm³/mol. The summed E-state index contributed by atoms with van der Waals surface area (Å²) in [4.78, 5) is 17.9. The van der Waals surface area contributed by atoms with Crippen molar-refractivity contribution in [2.45, 2.75) is 31.6 Å². The van der Waals surface area contributed by atoms with Gasteiger partial charge in [-0.25, -0.2) is 13.8 Å². The van der Waals surface area contributed by atoms with Crippen molar-refractivity contribution in [1.82, 2.24) is 15.2 Å². The van der Waals surface area contributed by atoms with E-state index >= 15 is 0 Å². The zero-order valence-corrected chi connectivity index (χ0v) is 14.6. The highest BCUT2D eigenvalue weighted by molar-refractivity contribution is 5.94. The second-order valence-electron chi connectivity index (χ2n) is 6.36. The lowest BCUT2D eigenvalue weighted by Gasteiger charge is -2.32. The molecular weight excluding hydrogens is 354 g/mol. The fourth-order valence-electron chi connectivity index (χ4n) is 2.78. The summed E-state index contributed by atoms with van der Waals surface area (Å²) in [6, 6.07) is 2.63. The number of carbonyl (C=O) groups excluding carboxylic acids is 1. The smallest absolute Gasteiger partial charge is 0.340 e. The molecule has 1 saturated heterocycles. The van der Waals surface area contributed by atoms with Gasteiger partial charge < -0.3 is 15.0 Å².